The van der Waals surface area contributed by atoms with Crippen LogP contribution >= 0.6 is 11.8 Å². The van der Waals surface area contributed by atoms with Crippen molar-refractivity contribution >= 4 is 23.7 Å². The molecule has 1 aromatic carbocycles. The summed E-state index contributed by atoms with van der Waals surface area (Å²) in [6.07, 6.45) is 0. The third-order valence-electron chi connectivity index (χ3n) is 2.55. The predicted molar refractivity (Wildman–Crippen MR) is 72.7 cm³/mol. The number of nitrogens with zero attached hydrogens (tertiary/aromatic N) is 2. The summed E-state index contributed by atoms with van der Waals surface area (Å²) in [4.78, 5) is 15.8. The zero-order chi connectivity index (χ0) is 13.7. The smallest absolute Gasteiger partial charge is 0.313 e. The second-order valence-electron chi connectivity index (χ2n) is 3.80. The number of methoxy groups -OCH3 is 1. The highest BCUT2D eigenvalue weighted by Gasteiger charge is 2.22. The molecule has 0 aliphatic rings. The summed E-state index contributed by atoms with van der Waals surface area (Å²) in [6.45, 7) is 0. The molecule has 0 aliphatic heterocycles. The highest BCUT2D eigenvalue weighted by Crippen LogP contribution is 2.25. The fraction of sp³-hybridized carbons (Fsp3) is 0.250. The van der Waals surface area contributed by atoms with Gasteiger partial charge in [-0.05, 0) is 5.56 Å². The lowest BCUT2D eigenvalue weighted by atomic mass is 10.0. The summed E-state index contributed by atoms with van der Waals surface area (Å²) < 4.78 is 4.83. The van der Waals surface area contributed by atoms with E-state index in [1.807, 2.05) is 30.3 Å². The molecule has 2 aromatic rings. The van der Waals surface area contributed by atoms with E-state index >= 15 is 0 Å². The topological polar surface area (TPSA) is 93.9 Å². The van der Waals surface area contributed by atoms with Crippen LogP contribution in [0.5, 0.6) is 0 Å². The summed E-state index contributed by atoms with van der Waals surface area (Å²) in [5.74, 6) is 0.128. The molecular formula is C12H14N4O2S. The Kier molecular flexibility index (Phi) is 4.40. The van der Waals surface area contributed by atoms with E-state index in [0.717, 1.165) is 5.56 Å². The molecule has 0 aliphatic carbocycles. The van der Waals surface area contributed by atoms with Crippen LogP contribution < -0.4 is 5.73 Å². The van der Waals surface area contributed by atoms with Gasteiger partial charge in [0, 0.05) is 5.75 Å². The molecule has 0 saturated carbocycles. The molecule has 1 heterocycles. The van der Waals surface area contributed by atoms with Crippen molar-refractivity contribution in [1.29, 1.82) is 0 Å². The van der Waals surface area contributed by atoms with Gasteiger partial charge in [0.15, 0.2) is 0 Å². The van der Waals surface area contributed by atoms with Gasteiger partial charge < -0.3 is 10.5 Å². The van der Waals surface area contributed by atoms with Crippen LogP contribution in [0.2, 0.25) is 0 Å². The fourth-order valence-corrected chi connectivity index (χ4v) is 2.53. The van der Waals surface area contributed by atoms with Crippen LogP contribution in [0.3, 0.4) is 0 Å². The van der Waals surface area contributed by atoms with Gasteiger partial charge >= 0.3 is 5.97 Å². The van der Waals surface area contributed by atoms with Crippen molar-refractivity contribution in [3.63, 3.8) is 0 Å². The van der Waals surface area contributed by atoms with Crippen molar-refractivity contribution < 1.29 is 9.53 Å². The number of benzene rings is 1. The van der Waals surface area contributed by atoms with E-state index in [4.69, 9.17) is 10.5 Å². The Morgan fingerprint density at radius 3 is 2.79 bits per heavy atom. The Labute approximate surface area is 114 Å². The molecule has 1 aromatic heterocycles. The maximum Gasteiger partial charge on any atom is 0.313 e. The number of ether oxygens (including phenoxy) is 1. The number of aromatic amines is 1. The van der Waals surface area contributed by atoms with Gasteiger partial charge in [-0.3, -0.25) is 4.79 Å². The molecule has 0 fully saturated rings. The van der Waals surface area contributed by atoms with E-state index in [2.05, 4.69) is 15.2 Å². The SMILES string of the molecule is COC(=O)C(CSc1n[nH]c(N)n1)c1ccccc1. The Morgan fingerprint density at radius 2 is 2.21 bits per heavy atom. The Hall–Kier alpha value is -2.02. The minimum absolute atomic E-state index is 0.261. The second kappa shape index (κ2) is 6.24. The maximum atomic E-state index is 11.8. The largest absolute Gasteiger partial charge is 0.469 e. The number of carbonyl (C=O) groups is 1. The number of anilines is 1. The van der Waals surface area contributed by atoms with E-state index in [0.29, 0.717) is 10.9 Å². The van der Waals surface area contributed by atoms with Crippen molar-refractivity contribution in [2.45, 2.75) is 11.1 Å². The average Bonchev–Trinajstić information content (AvgIpc) is 2.85. The van der Waals surface area contributed by atoms with E-state index < -0.39 is 0 Å². The van der Waals surface area contributed by atoms with Crippen molar-refractivity contribution in [3.8, 4) is 0 Å². The van der Waals surface area contributed by atoms with Crippen molar-refractivity contribution in [2.24, 2.45) is 0 Å². The number of aromatic nitrogens is 3. The minimum Gasteiger partial charge on any atom is -0.469 e. The Balaban J connectivity index is 2.09. The third-order valence-corrected chi connectivity index (χ3v) is 3.49. The molecular weight excluding hydrogens is 264 g/mol. The number of hydrogen-bond donors (Lipinski definition) is 2. The third kappa shape index (κ3) is 3.47. The first-order valence-corrected chi connectivity index (χ1v) is 6.62. The number of nitrogens with one attached hydrogen (secondary N) is 1. The standard InChI is InChI=1S/C12H14N4O2S/c1-18-10(17)9(8-5-3-2-4-6-8)7-19-12-14-11(13)15-16-12/h2-6,9H,7H2,1H3,(H3,13,14,15,16). The minimum atomic E-state index is -0.351. The van der Waals surface area contributed by atoms with Crippen LogP contribution in [0.1, 0.15) is 11.5 Å². The number of nitrogen functional groups attached to an aromatic ring is 1. The van der Waals surface area contributed by atoms with Crippen molar-refractivity contribution in [3.05, 3.63) is 35.9 Å². The first-order valence-electron chi connectivity index (χ1n) is 5.64. The molecule has 0 spiro atoms. The van der Waals surface area contributed by atoms with Gasteiger partial charge in [0.25, 0.3) is 0 Å². The zero-order valence-corrected chi connectivity index (χ0v) is 11.2. The summed E-state index contributed by atoms with van der Waals surface area (Å²) >= 11 is 1.35. The maximum absolute atomic E-state index is 11.8. The van der Waals surface area contributed by atoms with Crippen LogP contribution in [0.25, 0.3) is 0 Å². The zero-order valence-electron chi connectivity index (χ0n) is 10.4. The first kappa shape index (κ1) is 13.4. The van der Waals surface area contributed by atoms with Gasteiger partial charge in [0.1, 0.15) is 0 Å². The normalized spacial score (nSPS) is 12.1. The number of thioether (sulfide) groups is 1. The number of nitrogens with two attached hydrogens (primary N) is 1. The molecule has 0 amide bonds. The number of carbonyl (C=O) groups excluding carboxylic acids is 1. The fourth-order valence-electron chi connectivity index (χ4n) is 1.61. The molecule has 7 heteroatoms. The van der Waals surface area contributed by atoms with E-state index in [9.17, 15) is 4.79 Å². The van der Waals surface area contributed by atoms with Crippen molar-refractivity contribution in [2.75, 3.05) is 18.6 Å². The van der Waals surface area contributed by atoms with Crippen LogP contribution in [-0.2, 0) is 9.53 Å². The first-order chi connectivity index (χ1) is 9.20. The van der Waals surface area contributed by atoms with Crippen molar-refractivity contribution in [1.82, 2.24) is 15.2 Å². The van der Waals surface area contributed by atoms with Crippen LogP contribution in [-0.4, -0.2) is 34.0 Å². The molecule has 2 rings (SSSR count). The van der Waals surface area contributed by atoms with E-state index in [-0.39, 0.29) is 17.8 Å². The summed E-state index contributed by atoms with van der Waals surface area (Å²) in [5.41, 5.74) is 6.36. The van der Waals surface area contributed by atoms with Gasteiger partial charge in [0.2, 0.25) is 11.1 Å². The lowest BCUT2D eigenvalue weighted by molar-refractivity contribution is -0.141. The lowest BCUT2D eigenvalue weighted by Crippen LogP contribution is -2.16. The van der Waals surface area contributed by atoms with Gasteiger partial charge in [-0.15, -0.1) is 5.10 Å². The van der Waals surface area contributed by atoms with Gasteiger partial charge in [-0.1, -0.05) is 42.1 Å². The van der Waals surface area contributed by atoms with Gasteiger partial charge in [-0.25, -0.2) is 5.10 Å². The Bertz CT molecular complexity index is 544. The van der Waals surface area contributed by atoms with E-state index in [1.165, 1.54) is 18.9 Å². The number of esters is 1. The molecule has 100 valence electrons. The molecule has 1 atom stereocenters. The molecule has 19 heavy (non-hydrogen) atoms. The molecule has 3 N–H and O–H groups in total. The van der Waals surface area contributed by atoms with Gasteiger partial charge in [0.05, 0.1) is 13.0 Å². The molecule has 6 nitrogen and oxygen atoms in total. The number of rotatable bonds is 5. The molecule has 1 unspecified atom stereocenters. The molecule has 0 saturated heterocycles. The second-order valence-corrected chi connectivity index (χ2v) is 4.79. The van der Waals surface area contributed by atoms with E-state index in [1.54, 1.807) is 0 Å². The summed E-state index contributed by atoms with van der Waals surface area (Å²) in [7, 11) is 1.38. The average molecular weight is 278 g/mol. The van der Waals surface area contributed by atoms with Crippen LogP contribution in [0.4, 0.5) is 5.95 Å². The number of hydrogen-bond acceptors (Lipinski definition) is 6. The monoisotopic (exact) mass is 278 g/mol. The van der Waals surface area contributed by atoms with Crippen LogP contribution in [0.15, 0.2) is 35.5 Å². The highest BCUT2D eigenvalue weighted by atomic mass is 32.2. The quantitative estimate of drug-likeness (QED) is 0.635. The highest BCUT2D eigenvalue weighted by molar-refractivity contribution is 7.99. The van der Waals surface area contributed by atoms with Gasteiger partial charge in [-0.2, -0.15) is 4.98 Å². The lowest BCUT2D eigenvalue weighted by Gasteiger charge is -2.13. The summed E-state index contributed by atoms with van der Waals surface area (Å²) in [6, 6.07) is 9.48. The number of H-pyrrole nitrogens is 1. The molecule has 0 radical (unpaired) electrons. The summed E-state index contributed by atoms with van der Waals surface area (Å²) in [5, 5.41) is 6.99. The molecule has 0 bridgehead atoms. The van der Waals surface area contributed by atoms with Crippen LogP contribution in [0, 0.1) is 0 Å². The predicted octanol–water partition coefficient (Wildman–Crippen LogP) is 1.44. The Morgan fingerprint density at radius 1 is 1.47 bits per heavy atom.